The van der Waals surface area contributed by atoms with Crippen LogP contribution in [0.5, 0.6) is 5.88 Å². The van der Waals surface area contributed by atoms with Crippen molar-refractivity contribution in [1.29, 1.82) is 0 Å². The van der Waals surface area contributed by atoms with Crippen LogP contribution in [-0.2, 0) is 15.8 Å². The lowest BCUT2D eigenvalue weighted by molar-refractivity contribution is -0.125. The predicted octanol–water partition coefficient (Wildman–Crippen LogP) is 5.33. The van der Waals surface area contributed by atoms with Gasteiger partial charge in [0.15, 0.2) is 14.0 Å². The molecule has 0 N–H and O–H groups in total. The van der Waals surface area contributed by atoms with Gasteiger partial charge >= 0.3 is 6.03 Å². The minimum absolute atomic E-state index is 0.0277. The molecule has 0 unspecified atom stereocenters. The van der Waals surface area contributed by atoms with Crippen molar-refractivity contribution in [3.8, 4) is 5.88 Å². The number of carbonyl (C=O) groups is 2. The zero-order valence-electron chi connectivity index (χ0n) is 23.3. The third kappa shape index (κ3) is 5.80. The van der Waals surface area contributed by atoms with Crippen molar-refractivity contribution in [2.24, 2.45) is 0 Å². The van der Waals surface area contributed by atoms with Crippen LogP contribution < -0.4 is 9.64 Å². The topological polar surface area (TPSA) is 102 Å². The first kappa shape index (κ1) is 27.5. The minimum atomic E-state index is -1.99. The van der Waals surface area contributed by atoms with Crippen molar-refractivity contribution >= 4 is 43.2 Å². The molecule has 3 aromatic rings. The summed E-state index contributed by atoms with van der Waals surface area (Å²) in [7, 11) is -1.99. The largest absolute Gasteiger partial charge is 0.471 e. The average molecular weight is 571 g/mol. The van der Waals surface area contributed by atoms with Crippen LogP contribution in [0.15, 0.2) is 24.5 Å². The molecule has 1 saturated carbocycles. The molecule has 39 heavy (non-hydrogen) atoms. The van der Waals surface area contributed by atoms with Gasteiger partial charge in [-0.3, -0.25) is 14.6 Å². The maximum atomic E-state index is 13.5. The molecule has 0 aromatic carbocycles. The second-order valence-electron chi connectivity index (χ2n) is 11.8. The van der Waals surface area contributed by atoms with Crippen molar-refractivity contribution < 1.29 is 18.8 Å². The fraction of sp³-hybridized carbons (Fsp3) is 0.519. The summed E-state index contributed by atoms with van der Waals surface area (Å²) in [5.41, 5.74) is 3.00. The van der Waals surface area contributed by atoms with Gasteiger partial charge in [-0.15, -0.1) is 0 Å². The molecular weight excluding hydrogens is 536 g/mol. The highest BCUT2D eigenvalue weighted by molar-refractivity contribution is 6.74. The molecule has 0 bridgehead atoms. The van der Waals surface area contributed by atoms with Crippen LogP contribution in [-0.4, -0.2) is 64.2 Å². The molecule has 208 valence electrons. The van der Waals surface area contributed by atoms with Gasteiger partial charge in [0.2, 0.25) is 5.88 Å². The molecule has 0 spiro atoms. The number of urea groups is 1. The van der Waals surface area contributed by atoms with Gasteiger partial charge in [0.25, 0.3) is 5.91 Å². The monoisotopic (exact) mass is 570 g/mol. The molecule has 3 amide bonds. The maximum Gasteiger partial charge on any atom is 0.331 e. The maximum absolute atomic E-state index is 13.5. The first-order valence-corrected chi connectivity index (χ1v) is 16.5. The molecule has 4 heterocycles. The third-order valence-corrected chi connectivity index (χ3v) is 12.5. The number of ether oxygens (including phenoxy) is 1. The van der Waals surface area contributed by atoms with Crippen molar-refractivity contribution in [1.82, 2.24) is 24.3 Å². The number of halogens is 1. The Hall–Kier alpha value is -3.02. The van der Waals surface area contributed by atoms with E-state index in [4.69, 9.17) is 25.7 Å². The lowest BCUT2D eigenvalue weighted by Crippen LogP contribution is -2.43. The summed E-state index contributed by atoms with van der Waals surface area (Å²) in [5.74, 6) is 1.09. The Morgan fingerprint density at radius 2 is 1.85 bits per heavy atom. The summed E-state index contributed by atoms with van der Waals surface area (Å²) in [6.45, 7) is 13.3. The summed E-state index contributed by atoms with van der Waals surface area (Å²) in [6, 6.07) is 3.21. The average Bonchev–Trinajstić information content (AvgIpc) is 3.54. The Balaban J connectivity index is 1.37. The molecule has 0 atom stereocenters. The highest BCUT2D eigenvalue weighted by atomic mass is 35.5. The number of imidazole rings is 1. The van der Waals surface area contributed by atoms with Crippen molar-refractivity contribution in [2.45, 2.75) is 71.2 Å². The molecule has 10 nitrogen and oxygen atoms in total. The van der Waals surface area contributed by atoms with E-state index in [9.17, 15) is 9.59 Å². The summed E-state index contributed by atoms with van der Waals surface area (Å²) in [4.78, 5) is 42.3. The highest BCUT2D eigenvalue weighted by Gasteiger charge is 2.40. The van der Waals surface area contributed by atoms with Crippen LogP contribution in [0.2, 0.25) is 23.3 Å². The van der Waals surface area contributed by atoms with Crippen LogP contribution in [0.25, 0.3) is 5.65 Å². The van der Waals surface area contributed by atoms with Crippen LogP contribution in [0.3, 0.4) is 0 Å². The smallest absolute Gasteiger partial charge is 0.331 e. The van der Waals surface area contributed by atoms with Crippen molar-refractivity contribution in [3.63, 3.8) is 0 Å². The van der Waals surface area contributed by atoms with Crippen molar-refractivity contribution in [3.05, 3.63) is 46.8 Å². The number of pyridine rings is 1. The number of carbonyl (C=O) groups excluding carboxylic acids is 2. The van der Waals surface area contributed by atoms with Crippen LogP contribution in [0.4, 0.5) is 10.5 Å². The fourth-order valence-electron chi connectivity index (χ4n) is 4.35. The van der Waals surface area contributed by atoms with Gasteiger partial charge in [-0.1, -0.05) is 32.4 Å². The Morgan fingerprint density at radius 3 is 2.51 bits per heavy atom. The number of amides is 3. The van der Waals surface area contributed by atoms with E-state index in [2.05, 4.69) is 43.8 Å². The Labute approximate surface area is 234 Å². The molecule has 1 saturated heterocycles. The van der Waals surface area contributed by atoms with E-state index < -0.39 is 8.32 Å². The number of hydrogen-bond donors (Lipinski definition) is 0. The first-order chi connectivity index (χ1) is 18.3. The second kappa shape index (κ2) is 10.2. The van der Waals surface area contributed by atoms with E-state index >= 15 is 0 Å². The third-order valence-electron chi connectivity index (χ3n) is 7.73. The lowest BCUT2D eigenvalue weighted by atomic mass is 10.1. The number of aryl methyl sites for hydroxylation is 1. The van der Waals surface area contributed by atoms with E-state index in [-0.39, 0.29) is 36.7 Å². The summed E-state index contributed by atoms with van der Waals surface area (Å²) in [5, 5.41) is 0.355. The zero-order chi connectivity index (χ0) is 28.1. The number of hydrogen-bond acceptors (Lipinski definition) is 7. The Kier molecular flexibility index (Phi) is 7.19. The Morgan fingerprint density at radius 1 is 1.10 bits per heavy atom. The van der Waals surface area contributed by atoms with Gasteiger partial charge in [0.05, 0.1) is 24.5 Å². The summed E-state index contributed by atoms with van der Waals surface area (Å²) in [6.07, 6.45) is 6.14. The first-order valence-electron chi connectivity index (χ1n) is 13.2. The van der Waals surface area contributed by atoms with Gasteiger partial charge in [0, 0.05) is 18.5 Å². The van der Waals surface area contributed by atoms with E-state index in [0.29, 0.717) is 46.4 Å². The van der Waals surface area contributed by atoms with E-state index in [1.54, 1.807) is 13.0 Å². The van der Waals surface area contributed by atoms with Gasteiger partial charge in [-0.05, 0) is 55.4 Å². The van der Waals surface area contributed by atoms with Crippen LogP contribution >= 0.6 is 11.6 Å². The van der Waals surface area contributed by atoms with Gasteiger partial charge in [0.1, 0.15) is 24.1 Å². The van der Waals surface area contributed by atoms with Crippen LogP contribution in [0.1, 0.15) is 56.6 Å². The van der Waals surface area contributed by atoms with Crippen molar-refractivity contribution in [2.75, 3.05) is 24.6 Å². The minimum Gasteiger partial charge on any atom is -0.471 e. The molecule has 1 aliphatic carbocycles. The quantitative estimate of drug-likeness (QED) is 0.194. The standard InChI is InChI=1S/C27H35ClN6O4Si/c1-17-29-22(28)12-23(30-17)37-16-20-14-32-13-19(18-7-8-18)11-21(25(32)31-20)34-15-24(35)33(26(34)36)9-10-38-39(5,6)27(2,3)4/h11-14,18H,7-10,15-16H2,1-6H3. The molecule has 1 aliphatic heterocycles. The number of rotatable bonds is 9. The Bertz CT molecular complexity index is 1410. The molecule has 2 aliphatic rings. The highest BCUT2D eigenvalue weighted by Crippen LogP contribution is 2.42. The normalized spacial score (nSPS) is 16.6. The zero-order valence-corrected chi connectivity index (χ0v) is 25.1. The predicted molar refractivity (Wildman–Crippen MR) is 151 cm³/mol. The number of anilines is 1. The SMILES string of the molecule is Cc1nc(Cl)cc(OCc2cn3cc(C4CC4)cc(N4CC(=O)N(CCO[Si](C)(C)C(C)(C)C)C4=O)c3n2)n1. The molecule has 5 rings (SSSR count). The lowest BCUT2D eigenvalue weighted by Gasteiger charge is -2.36. The molecular formula is C27H35ClN6O4Si. The molecule has 12 heteroatoms. The van der Waals surface area contributed by atoms with E-state index in [1.807, 2.05) is 22.9 Å². The number of fused-ring (bicyclic) bond motifs is 1. The van der Waals surface area contributed by atoms with E-state index in [1.165, 1.54) is 9.80 Å². The van der Waals surface area contributed by atoms with Gasteiger partial charge in [-0.2, -0.15) is 4.98 Å². The summed E-state index contributed by atoms with van der Waals surface area (Å²) >= 11 is 6.03. The van der Waals surface area contributed by atoms with E-state index in [0.717, 1.165) is 18.4 Å². The van der Waals surface area contributed by atoms with Gasteiger partial charge < -0.3 is 13.6 Å². The molecule has 2 fully saturated rings. The number of imide groups is 1. The number of nitrogens with zero attached hydrogens (tertiary/aromatic N) is 6. The fourth-order valence-corrected chi connectivity index (χ4v) is 5.60. The van der Waals surface area contributed by atoms with Crippen LogP contribution in [0, 0.1) is 6.92 Å². The number of aromatic nitrogens is 4. The second-order valence-corrected chi connectivity index (χ2v) is 17.0. The molecule has 3 aromatic heterocycles. The molecule has 0 radical (unpaired) electrons. The summed E-state index contributed by atoms with van der Waals surface area (Å²) < 4.78 is 14.0. The van der Waals surface area contributed by atoms with Gasteiger partial charge in [-0.25, -0.2) is 14.8 Å².